The minimum absolute atomic E-state index is 0.00529. The SMILES string of the molecule is O=C(CN1CCC(c2ccn[nH]2)CC1)NCC1CCS(=O)(=O)C1. The second-order valence-electron chi connectivity index (χ2n) is 6.64. The lowest BCUT2D eigenvalue weighted by molar-refractivity contribution is -0.122. The van der Waals surface area contributed by atoms with E-state index in [9.17, 15) is 13.2 Å². The highest BCUT2D eigenvalue weighted by Gasteiger charge is 2.28. The first-order chi connectivity index (χ1) is 11.0. The van der Waals surface area contributed by atoms with Crippen LogP contribution in [0.1, 0.15) is 30.9 Å². The molecule has 0 aliphatic carbocycles. The van der Waals surface area contributed by atoms with Gasteiger partial charge in [0.15, 0.2) is 9.84 Å². The number of piperidine rings is 1. The Morgan fingerprint density at radius 3 is 2.74 bits per heavy atom. The second kappa shape index (κ2) is 7.00. The van der Waals surface area contributed by atoms with Gasteiger partial charge in [-0.15, -0.1) is 0 Å². The van der Waals surface area contributed by atoms with E-state index >= 15 is 0 Å². The maximum absolute atomic E-state index is 12.0. The van der Waals surface area contributed by atoms with Crippen molar-refractivity contribution in [3.05, 3.63) is 18.0 Å². The van der Waals surface area contributed by atoms with Gasteiger partial charge in [0, 0.05) is 24.4 Å². The van der Waals surface area contributed by atoms with Gasteiger partial charge in [-0.05, 0) is 44.3 Å². The average molecular weight is 340 g/mol. The number of aromatic nitrogens is 2. The number of hydrogen-bond acceptors (Lipinski definition) is 5. The molecule has 1 aromatic rings. The predicted octanol–water partition coefficient (Wildman–Crippen LogP) is 0.140. The van der Waals surface area contributed by atoms with E-state index in [2.05, 4.69) is 20.4 Å². The van der Waals surface area contributed by atoms with Gasteiger partial charge in [0.1, 0.15) is 0 Å². The van der Waals surface area contributed by atoms with E-state index < -0.39 is 9.84 Å². The fourth-order valence-corrected chi connectivity index (χ4v) is 5.31. The summed E-state index contributed by atoms with van der Waals surface area (Å²) in [5.74, 6) is 1.04. The average Bonchev–Trinajstić information content (AvgIpc) is 3.15. The van der Waals surface area contributed by atoms with Crippen LogP contribution in [0, 0.1) is 5.92 Å². The molecule has 1 unspecified atom stereocenters. The third-order valence-corrected chi connectivity index (χ3v) is 6.67. The number of rotatable bonds is 5. The van der Waals surface area contributed by atoms with Crippen LogP contribution in [0.3, 0.4) is 0 Å². The fourth-order valence-electron chi connectivity index (χ4n) is 3.45. The number of amides is 1. The summed E-state index contributed by atoms with van der Waals surface area (Å²) in [5, 5.41) is 9.90. The van der Waals surface area contributed by atoms with Crippen LogP contribution in [-0.4, -0.2) is 67.1 Å². The molecule has 8 heteroatoms. The van der Waals surface area contributed by atoms with Gasteiger partial charge in [0.2, 0.25) is 5.91 Å². The van der Waals surface area contributed by atoms with Gasteiger partial charge in [0.25, 0.3) is 0 Å². The number of H-pyrrole nitrogens is 1. The molecule has 2 saturated heterocycles. The van der Waals surface area contributed by atoms with Crippen LogP contribution in [0.15, 0.2) is 12.3 Å². The molecule has 0 radical (unpaired) electrons. The highest BCUT2D eigenvalue weighted by molar-refractivity contribution is 7.91. The number of aromatic amines is 1. The van der Waals surface area contributed by atoms with Crippen molar-refractivity contribution in [1.29, 1.82) is 0 Å². The summed E-state index contributed by atoms with van der Waals surface area (Å²) in [4.78, 5) is 14.2. The maximum atomic E-state index is 12.0. The summed E-state index contributed by atoms with van der Waals surface area (Å²) in [7, 11) is -2.87. The van der Waals surface area contributed by atoms with Crippen LogP contribution in [0.4, 0.5) is 0 Å². The van der Waals surface area contributed by atoms with Crippen LogP contribution in [0.2, 0.25) is 0 Å². The van der Waals surface area contributed by atoms with Crippen molar-refractivity contribution in [1.82, 2.24) is 20.4 Å². The van der Waals surface area contributed by atoms with Gasteiger partial charge in [-0.2, -0.15) is 5.10 Å². The van der Waals surface area contributed by atoms with Crippen LogP contribution in [-0.2, 0) is 14.6 Å². The van der Waals surface area contributed by atoms with Crippen molar-refractivity contribution >= 4 is 15.7 Å². The fraction of sp³-hybridized carbons (Fsp3) is 0.733. The molecule has 2 aliphatic rings. The van der Waals surface area contributed by atoms with Gasteiger partial charge in [-0.25, -0.2) is 8.42 Å². The van der Waals surface area contributed by atoms with E-state index in [4.69, 9.17) is 0 Å². The van der Waals surface area contributed by atoms with Gasteiger partial charge in [-0.1, -0.05) is 0 Å². The molecule has 2 fully saturated rings. The van der Waals surface area contributed by atoms with E-state index in [1.807, 2.05) is 6.07 Å². The lowest BCUT2D eigenvalue weighted by Gasteiger charge is -2.30. The number of carbonyl (C=O) groups is 1. The topological polar surface area (TPSA) is 95.2 Å². The summed E-state index contributed by atoms with van der Waals surface area (Å²) < 4.78 is 22.8. The first-order valence-electron chi connectivity index (χ1n) is 8.20. The number of hydrogen-bond donors (Lipinski definition) is 2. The number of nitrogens with one attached hydrogen (secondary N) is 2. The highest BCUT2D eigenvalue weighted by Crippen LogP contribution is 2.26. The Morgan fingerprint density at radius 1 is 1.35 bits per heavy atom. The molecule has 0 bridgehead atoms. The first kappa shape index (κ1) is 16.4. The molecule has 0 aromatic carbocycles. The summed E-state index contributed by atoms with van der Waals surface area (Å²) in [6.45, 7) is 2.67. The summed E-state index contributed by atoms with van der Waals surface area (Å²) >= 11 is 0. The Bertz CT molecular complexity index is 621. The molecule has 7 nitrogen and oxygen atoms in total. The zero-order valence-corrected chi connectivity index (χ0v) is 14.0. The van der Waals surface area contributed by atoms with Gasteiger partial charge in [-0.3, -0.25) is 14.8 Å². The van der Waals surface area contributed by atoms with Crippen molar-refractivity contribution in [2.24, 2.45) is 5.92 Å². The summed E-state index contributed by atoms with van der Waals surface area (Å²) in [6, 6.07) is 2.02. The van der Waals surface area contributed by atoms with Crippen LogP contribution in [0.25, 0.3) is 0 Å². The molecule has 2 N–H and O–H groups in total. The smallest absolute Gasteiger partial charge is 0.234 e. The van der Waals surface area contributed by atoms with Crippen LogP contribution in [0.5, 0.6) is 0 Å². The normalized spacial score (nSPS) is 25.5. The Morgan fingerprint density at radius 2 is 2.13 bits per heavy atom. The van der Waals surface area contributed by atoms with E-state index in [-0.39, 0.29) is 23.3 Å². The van der Waals surface area contributed by atoms with Crippen LogP contribution >= 0.6 is 0 Å². The van der Waals surface area contributed by atoms with Crippen molar-refractivity contribution in [3.63, 3.8) is 0 Å². The Kier molecular flexibility index (Phi) is 5.01. The quantitative estimate of drug-likeness (QED) is 0.795. The molecule has 2 aliphatic heterocycles. The summed E-state index contributed by atoms with van der Waals surface area (Å²) in [5.41, 5.74) is 1.18. The zero-order valence-electron chi connectivity index (χ0n) is 13.2. The second-order valence-corrected chi connectivity index (χ2v) is 8.86. The van der Waals surface area contributed by atoms with Crippen molar-refractivity contribution in [2.75, 3.05) is 37.7 Å². The zero-order chi connectivity index (χ0) is 16.3. The van der Waals surface area contributed by atoms with E-state index in [0.717, 1.165) is 25.9 Å². The Labute approximate surface area is 136 Å². The number of carbonyl (C=O) groups excluding carboxylic acids is 1. The van der Waals surface area contributed by atoms with Gasteiger partial charge in [0.05, 0.1) is 18.1 Å². The molecular weight excluding hydrogens is 316 g/mol. The summed E-state index contributed by atoms with van der Waals surface area (Å²) in [6.07, 6.45) is 4.49. The minimum atomic E-state index is -2.87. The van der Waals surface area contributed by atoms with Crippen molar-refractivity contribution in [3.8, 4) is 0 Å². The third-order valence-electron chi connectivity index (χ3n) is 4.83. The number of sulfone groups is 1. The lowest BCUT2D eigenvalue weighted by Crippen LogP contribution is -2.42. The largest absolute Gasteiger partial charge is 0.355 e. The maximum Gasteiger partial charge on any atom is 0.234 e. The number of likely N-dealkylation sites (tertiary alicyclic amines) is 1. The third kappa shape index (κ3) is 4.54. The molecule has 3 heterocycles. The number of nitrogens with zero attached hydrogens (tertiary/aromatic N) is 2. The van der Waals surface area contributed by atoms with E-state index in [0.29, 0.717) is 25.4 Å². The Balaban J connectivity index is 1.36. The lowest BCUT2D eigenvalue weighted by atomic mass is 9.94. The van der Waals surface area contributed by atoms with Crippen molar-refractivity contribution < 1.29 is 13.2 Å². The molecule has 1 aromatic heterocycles. The van der Waals surface area contributed by atoms with E-state index in [1.165, 1.54) is 5.69 Å². The van der Waals surface area contributed by atoms with Gasteiger partial charge >= 0.3 is 0 Å². The molecule has 1 amide bonds. The molecule has 3 rings (SSSR count). The predicted molar refractivity (Wildman–Crippen MR) is 86.8 cm³/mol. The minimum Gasteiger partial charge on any atom is -0.355 e. The first-order valence-corrected chi connectivity index (χ1v) is 10.0. The monoisotopic (exact) mass is 340 g/mol. The molecule has 1 atom stereocenters. The molecule has 128 valence electrons. The molecule has 23 heavy (non-hydrogen) atoms. The van der Waals surface area contributed by atoms with Gasteiger partial charge < -0.3 is 5.32 Å². The van der Waals surface area contributed by atoms with Crippen LogP contribution < -0.4 is 5.32 Å². The van der Waals surface area contributed by atoms with Crippen molar-refractivity contribution in [2.45, 2.75) is 25.2 Å². The highest BCUT2D eigenvalue weighted by atomic mass is 32.2. The van der Waals surface area contributed by atoms with E-state index in [1.54, 1.807) is 6.20 Å². The molecular formula is C15H24N4O3S. The Hall–Kier alpha value is -1.41. The molecule has 0 spiro atoms. The molecule has 0 saturated carbocycles. The standard InChI is InChI=1S/C15H24N4O3S/c20-15(16-9-12-4-8-23(21,22)11-12)10-19-6-2-13(3-7-19)14-1-5-17-18-14/h1,5,12-13H,2-4,6-11H2,(H,16,20)(H,17,18).